The first-order chi connectivity index (χ1) is 12.1. The highest BCUT2D eigenvalue weighted by Gasteiger charge is 2.18. The molecule has 4 nitrogen and oxygen atoms in total. The van der Waals surface area contributed by atoms with Crippen molar-refractivity contribution in [1.82, 2.24) is 4.90 Å². The Bertz CT molecular complexity index is 798. The number of halogens is 2. The standard InChI is InChI=1S/C19H19BrFN3O/c20-18-10-17(4-3-15(18)11-22)24-7-5-23(6-8-24)12-14-1-2-16(13-25)19(21)9-14/h1-4,9-10,25H,5-8,12-13H2. The van der Waals surface area contributed by atoms with Crippen LogP contribution in [-0.4, -0.2) is 36.2 Å². The summed E-state index contributed by atoms with van der Waals surface area (Å²) in [6.45, 7) is 3.98. The van der Waals surface area contributed by atoms with Gasteiger partial charge in [-0.2, -0.15) is 5.26 Å². The van der Waals surface area contributed by atoms with Crippen molar-refractivity contribution in [3.63, 3.8) is 0 Å². The number of anilines is 1. The van der Waals surface area contributed by atoms with E-state index >= 15 is 0 Å². The van der Waals surface area contributed by atoms with Crippen LogP contribution in [0.2, 0.25) is 0 Å². The number of aliphatic hydroxyl groups is 1. The van der Waals surface area contributed by atoms with Gasteiger partial charge in [-0.1, -0.05) is 12.1 Å². The van der Waals surface area contributed by atoms with E-state index in [0.717, 1.165) is 41.9 Å². The van der Waals surface area contributed by atoms with E-state index in [1.807, 2.05) is 24.3 Å². The summed E-state index contributed by atoms with van der Waals surface area (Å²) in [6, 6.07) is 13.0. The molecule has 0 bridgehead atoms. The van der Waals surface area contributed by atoms with Crippen LogP contribution < -0.4 is 4.90 Å². The van der Waals surface area contributed by atoms with Gasteiger partial charge >= 0.3 is 0 Å². The maximum Gasteiger partial charge on any atom is 0.129 e. The number of hydrogen-bond donors (Lipinski definition) is 1. The summed E-state index contributed by atoms with van der Waals surface area (Å²) in [5, 5.41) is 18.0. The van der Waals surface area contributed by atoms with E-state index in [4.69, 9.17) is 10.4 Å². The summed E-state index contributed by atoms with van der Waals surface area (Å²) >= 11 is 3.44. The maximum atomic E-state index is 13.8. The molecular formula is C19H19BrFN3O. The van der Waals surface area contributed by atoms with Crippen LogP contribution in [0.1, 0.15) is 16.7 Å². The van der Waals surface area contributed by atoms with Crippen molar-refractivity contribution in [2.45, 2.75) is 13.2 Å². The third-order valence-corrected chi connectivity index (χ3v) is 5.16. The molecule has 0 amide bonds. The van der Waals surface area contributed by atoms with E-state index in [1.165, 1.54) is 6.07 Å². The molecular weight excluding hydrogens is 385 g/mol. The molecule has 0 radical (unpaired) electrons. The average Bonchev–Trinajstić information content (AvgIpc) is 2.62. The van der Waals surface area contributed by atoms with E-state index in [2.05, 4.69) is 31.8 Å². The first-order valence-corrected chi connectivity index (χ1v) is 8.95. The Kier molecular flexibility index (Phi) is 5.69. The van der Waals surface area contributed by atoms with Gasteiger partial charge in [-0.25, -0.2) is 4.39 Å². The number of nitriles is 1. The molecule has 0 aliphatic carbocycles. The second-order valence-corrected chi connectivity index (χ2v) is 6.98. The fourth-order valence-electron chi connectivity index (χ4n) is 3.03. The molecule has 1 heterocycles. The van der Waals surface area contributed by atoms with Crippen molar-refractivity contribution in [3.05, 3.63) is 63.4 Å². The van der Waals surface area contributed by atoms with Crippen molar-refractivity contribution in [2.75, 3.05) is 31.1 Å². The number of piperazine rings is 1. The second kappa shape index (κ2) is 7.96. The van der Waals surface area contributed by atoms with Gasteiger partial charge in [0.05, 0.1) is 12.2 Å². The van der Waals surface area contributed by atoms with Gasteiger partial charge in [-0.05, 0) is 45.8 Å². The van der Waals surface area contributed by atoms with Gasteiger partial charge in [0.15, 0.2) is 0 Å². The lowest BCUT2D eigenvalue weighted by Gasteiger charge is -2.36. The summed E-state index contributed by atoms with van der Waals surface area (Å²) < 4.78 is 14.6. The third kappa shape index (κ3) is 4.18. The molecule has 1 aliphatic rings. The van der Waals surface area contributed by atoms with E-state index in [9.17, 15) is 4.39 Å². The zero-order valence-electron chi connectivity index (χ0n) is 13.8. The summed E-state index contributed by atoms with van der Waals surface area (Å²) in [5.41, 5.74) is 2.99. The molecule has 2 aromatic carbocycles. The summed E-state index contributed by atoms with van der Waals surface area (Å²) in [7, 11) is 0. The Morgan fingerprint density at radius 1 is 1.12 bits per heavy atom. The number of aliphatic hydroxyl groups excluding tert-OH is 1. The van der Waals surface area contributed by atoms with Crippen LogP contribution in [0.4, 0.5) is 10.1 Å². The van der Waals surface area contributed by atoms with Crippen LogP contribution in [0.25, 0.3) is 0 Å². The molecule has 0 atom stereocenters. The van der Waals surface area contributed by atoms with Crippen LogP contribution in [0, 0.1) is 17.1 Å². The van der Waals surface area contributed by atoms with Gasteiger partial charge in [-0.3, -0.25) is 4.90 Å². The van der Waals surface area contributed by atoms with E-state index < -0.39 is 0 Å². The highest BCUT2D eigenvalue weighted by Crippen LogP contribution is 2.25. The molecule has 6 heteroatoms. The summed E-state index contributed by atoms with van der Waals surface area (Å²) in [6.07, 6.45) is 0. The van der Waals surface area contributed by atoms with Gasteiger partial charge in [-0.15, -0.1) is 0 Å². The van der Waals surface area contributed by atoms with Gasteiger partial charge in [0.1, 0.15) is 11.9 Å². The zero-order chi connectivity index (χ0) is 17.8. The zero-order valence-corrected chi connectivity index (χ0v) is 15.3. The van der Waals surface area contributed by atoms with E-state index in [0.29, 0.717) is 17.7 Å². The Morgan fingerprint density at radius 2 is 1.88 bits per heavy atom. The molecule has 0 saturated carbocycles. The SMILES string of the molecule is N#Cc1ccc(N2CCN(Cc3ccc(CO)c(F)c3)CC2)cc1Br. The molecule has 1 aliphatic heterocycles. The quantitative estimate of drug-likeness (QED) is 0.850. The number of nitrogens with zero attached hydrogens (tertiary/aromatic N) is 3. The van der Waals surface area contributed by atoms with Crippen LogP contribution in [0.3, 0.4) is 0 Å². The Hall–Kier alpha value is -1.94. The largest absolute Gasteiger partial charge is 0.392 e. The summed E-state index contributed by atoms with van der Waals surface area (Å²) in [5.74, 6) is -0.346. The molecule has 25 heavy (non-hydrogen) atoms. The minimum atomic E-state index is -0.346. The van der Waals surface area contributed by atoms with Gasteiger partial charge in [0.2, 0.25) is 0 Å². The fourth-order valence-corrected chi connectivity index (χ4v) is 3.49. The summed E-state index contributed by atoms with van der Waals surface area (Å²) in [4.78, 5) is 4.58. The maximum absolute atomic E-state index is 13.8. The first kappa shape index (κ1) is 17.9. The first-order valence-electron chi connectivity index (χ1n) is 8.16. The lowest BCUT2D eigenvalue weighted by atomic mass is 10.1. The molecule has 3 rings (SSSR count). The van der Waals surface area contributed by atoms with E-state index in [-0.39, 0.29) is 12.4 Å². The topological polar surface area (TPSA) is 50.5 Å². The van der Waals surface area contributed by atoms with Crippen LogP contribution in [0.5, 0.6) is 0 Å². The van der Waals surface area contributed by atoms with Crippen LogP contribution in [-0.2, 0) is 13.2 Å². The molecule has 0 unspecified atom stereocenters. The molecule has 130 valence electrons. The van der Waals surface area contributed by atoms with Gasteiger partial charge in [0.25, 0.3) is 0 Å². The highest BCUT2D eigenvalue weighted by molar-refractivity contribution is 9.10. The monoisotopic (exact) mass is 403 g/mol. The highest BCUT2D eigenvalue weighted by atomic mass is 79.9. The van der Waals surface area contributed by atoms with Gasteiger partial charge < -0.3 is 10.0 Å². The number of hydrogen-bond acceptors (Lipinski definition) is 4. The number of benzene rings is 2. The lowest BCUT2D eigenvalue weighted by Crippen LogP contribution is -2.46. The van der Waals surface area contributed by atoms with Gasteiger partial charge in [0, 0.05) is 48.4 Å². The minimum Gasteiger partial charge on any atom is -0.392 e. The fraction of sp³-hybridized carbons (Fsp3) is 0.316. The van der Waals surface area contributed by atoms with Crippen molar-refractivity contribution >= 4 is 21.6 Å². The van der Waals surface area contributed by atoms with Crippen LogP contribution in [0.15, 0.2) is 40.9 Å². The number of rotatable bonds is 4. The van der Waals surface area contributed by atoms with E-state index in [1.54, 1.807) is 6.07 Å². The van der Waals surface area contributed by atoms with Crippen molar-refractivity contribution in [1.29, 1.82) is 5.26 Å². The van der Waals surface area contributed by atoms with Crippen molar-refractivity contribution in [2.24, 2.45) is 0 Å². The Labute approximate surface area is 155 Å². The molecule has 0 aromatic heterocycles. The average molecular weight is 404 g/mol. The molecule has 1 saturated heterocycles. The molecule has 0 spiro atoms. The molecule has 1 fully saturated rings. The minimum absolute atomic E-state index is 0.273. The molecule has 2 aromatic rings. The lowest BCUT2D eigenvalue weighted by molar-refractivity contribution is 0.249. The van der Waals surface area contributed by atoms with Crippen LogP contribution >= 0.6 is 15.9 Å². The predicted molar refractivity (Wildman–Crippen MR) is 98.7 cm³/mol. The normalized spacial score (nSPS) is 15.2. The van der Waals surface area contributed by atoms with Crippen molar-refractivity contribution in [3.8, 4) is 6.07 Å². The molecule has 1 N–H and O–H groups in total. The Balaban J connectivity index is 1.59. The van der Waals surface area contributed by atoms with Crippen molar-refractivity contribution < 1.29 is 9.50 Å². The smallest absolute Gasteiger partial charge is 0.129 e. The second-order valence-electron chi connectivity index (χ2n) is 6.12. The predicted octanol–water partition coefficient (Wildman–Crippen LogP) is 3.27. The third-order valence-electron chi connectivity index (χ3n) is 4.50. The Morgan fingerprint density at radius 3 is 2.48 bits per heavy atom.